The molecule has 6 nitrogen and oxygen atoms in total. The number of nitrogens with zero attached hydrogens (tertiary/aromatic N) is 2. The van der Waals surface area contributed by atoms with E-state index in [2.05, 4.69) is 10.4 Å². The van der Waals surface area contributed by atoms with Crippen LogP contribution in [0.25, 0.3) is 16.9 Å². The van der Waals surface area contributed by atoms with Crippen molar-refractivity contribution in [2.24, 2.45) is 0 Å². The zero-order valence-corrected chi connectivity index (χ0v) is 16.4. The van der Waals surface area contributed by atoms with E-state index in [1.54, 1.807) is 37.4 Å². The first-order chi connectivity index (χ1) is 14.3. The van der Waals surface area contributed by atoms with Gasteiger partial charge in [0.2, 0.25) is 0 Å². The van der Waals surface area contributed by atoms with E-state index in [-0.39, 0.29) is 23.9 Å². The van der Waals surface area contributed by atoms with Crippen molar-refractivity contribution in [1.29, 1.82) is 0 Å². The molecule has 0 saturated heterocycles. The van der Waals surface area contributed by atoms with E-state index in [4.69, 9.17) is 9.15 Å². The Bertz CT molecular complexity index is 1070. The van der Waals surface area contributed by atoms with Crippen molar-refractivity contribution in [3.05, 3.63) is 59.2 Å². The van der Waals surface area contributed by atoms with Crippen LogP contribution in [-0.2, 0) is 23.8 Å². The van der Waals surface area contributed by atoms with Crippen molar-refractivity contribution in [2.75, 3.05) is 13.7 Å². The molecule has 0 bridgehead atoms. The topological polar surface area (TPSA) is 69.3 Å². The number of hydrogen-bond donors (Lipinski definition) is 1. The maximum atomic E-state index is 13.6. The monoisotopic (exact) mass is 419 g/mol. The van der Waals surface area contributed by atoms with Gasteiger partial charge in [0, 0.05) is 36.3 Å². The molecule has 0 fully saturated rings. The third kappa shape index (κ3) is 3.60. The summed E-state index contributed by atoms with van der Waals surface area (Å²) in [7, 11) is 1.54. The standard InChI is InChI=1S/C21H20F3N3O3/c1-12(11-29-2)25-20(28)13-3-5-14(6-4-13)27-18-15-9-10-30-17(15)8-7-16(18)19(26-27)21(22,23)24/h3-6,9-10,12H,7-8,11H2,1-2H3,(H,25,28). The van der Waals surface area contributed by atoms with Crippen molar-refractivity contribution >= 4 is 5.91 Å². The maximum absolute atomic E-state index is 13.6. The summed E-state index contributed by atoms with van der Waals surface area (Å²) in [5.41, 5.74) is 1.07. The second-order valence-electron chi connectivity index (χ2n) is 7.22. The molecular weight excluding hydrogens is 399 g/mol. The molecule has 0 saturated carbocycles. The molecule has 1 atom stereocenters. The highest BCUT2D eigenvalue weighted by molar-refractivity contribution is 5.94. The van der Waals surface area contributed by atoms with Crippen LogP contribution in [0.2, 0.25) is 0 Å². The van der Waals surface area contributed by atoms with Crippen molar-refractivity contribution in [1.82, 2.24) is 15.1 Å². The minimum Gasteiger partial charge on any atom is -0.469 e. The Labute approximate surface area is 170 Å². The first-order valence-electron chi connectivity index (χ1n) is 9.45. The largest absolute Gasteiger partial charge is 0.469 e. The molecule has 2 aromatic heterocycles. The first-order valence-corrected chi connectivity index (χ1v) is 9.45. The van der Waals surface area contributed by atoms with Crippen LogP contribution in [0.1, 0.15) is 34.3 Å². The highest BCUT2D eigenvalue weighted by atomic mass is 19.4. The third-order valence-corrected chi connectivity index (χ3v) is 5.02. The lowest BCUT2D eigenvalue weighted by molar-refractivity contribution is -0.142. The number of carbonyl (C=O) groups is 1. The van der Waals surface area contributed by atoms with Crippen LogP contribution in [0.15, 0.2) is 41.0 Å². The lowest BCUT2D eigenvalue weighted by atomic mass is 9.94. The number of benzene rings is 1. The van der Waals surface area contributed by atoms with Crippen molar-refractivity contribution in [3.8, 4) is 16.9 Å². The highest BCUT2D eigenvalue weighted by Crippen LogP contribution is 2.42. The summed E-state index contributed by atoms with van der Waals surface area (Å²) in [6.07, 6.45) is -2.50. The predicted octanol–water partition coefficient (Wildman–Crippen LogP) is 4.01. The number of amides is 1. The number of nitrogens with one attached hydrogen (secondary N) is 1. The van der Waals surface area contributed by atoms with Gasteiger partial charge in [-0.2, -0.15) is 18.3 Å². The molecular formula is C21H20F3N3O3. The van der Waals surface area contributed by atoms with Crippen LogP contribution in [0.4, 0.5) is 13.2 Å². The molecule has 1 amide bonds. The summed E-state index contributed by atoms with van der Waals surface area (Å²) in [5, 5.41) is 6.68. The van der Waals surface area contributed by atoms with Gasteiger partial charge in [0.15, 0.2) is 5.69 Å². The molecule has 0 spiro atoms. The molecule has 9 heteroatoms. The van der Waals surface area contributed by atoms with Crippen LogP contribution in [0.3, 0.4) is 0 Å². The summed E-state index contributed by atoms with van der Waals surface area (Å²) >= 11 is 0. The van der Waals surface area contributed by atoms with Crippen molar-refractivity contribution in [3.63, 3.8) is 0 Å². The Morgan fingerprint density at radius 2 is 2.00 bits per heavy atom. The summed E-state index contributed by atoms with van der Waals surface area (Å²) in [4.78, 5) is 12.3. The summed E-state index contributed by atoms with van der Waals surface area (Å²) < 4.78 is 52.5. The Morgan fingerprint density at radius 1 is 1.27 bits per heavy atom. The fourth-order valence-electron chi connectivity index (χ4n) is 3.71. The Morgan fingerprint density at radius 3 is 2.67 bits per heavy atom. The lowest BCUT2D eigenvalue weighted by Gasteiger charge is -2.15. The van der Waals surface area contributed by atoms with Crippen molar-refractivity contribution < 1.29 is 27.1 Å². The fraction of sp³-hybridized carbons (Fsp3) is 0.333. The molecule has 30 heavy (non-hydrogen) atoms. The van der Waals surface area contributed by atoms with Crippen LogP contribution in [0, 0.1) is 0 Å². The Hall–Kier alpha value is -3.07. The van der Waals surface area contributed by atoms with Gasteiger partial charge in [-0.15, -0.1) is 0 Å². The number of alkyl halides is 3. The molecule has 2 heterocycles. The Kier molecular flexibility index (Phi) is 5.15. The number of furan rings is 1. The lowest BCUT2D eigenvalue weighted by Crippen LogP contribution is -2.35. The van der Waals surface area contributed by atoms with E-state index < -0.39 is 11.9 Å². The minimum absolute atomic E-state index is 0.159. The van der Waals surface area contributed by atoms with Crippen LogP contribution in [-0.4, -0.2) is 35.4 Å². The molecule has 0 radical (unpaired) electrons. The number of halogens is 3. The molecule has 0 aliphatic heterocycles. The second-order valence-corrected chi connectivity index (χ2v) is 7.22. The van der Waals surface area contributed by atoms with Gasteiger partial charge in [-0.25, -0.2) is 4.68 Å². The van der Waals surface area contributed by atoms with E-state index in [0.29, 0.717) is 41.3 Å². The molecule has 158 valence electrons. The first kappa shape index (κ1) is 20.2. The molecule has 4 rings (SSSR count). The van der Waals surface area contributed by atoms with Gasteiger partial charge < -0.3 is 14.5 Å². The van der Waals surface area contributed by atoms with Crippen LogP contribution >= 0.6 is 0 Å². The van der Waals surface area contributed by atoms with Gasteiger partial charge in [-0.1, -0.05) is 0 Å². The summed E-state index contributed by atoms with van der Waals surface area (Å²) in [6.45, 7) is 2.18. The molecule has 3 aromatic rings. The summed E-state index contributed by atoms with van der Waals surface area (Å²) in [5.74, 6) is 0.349. The molecule has 1 aliphatic rings. The minimum atomic E-state index is -4.56. The van der Waals surface area contributed by atoms with Gasteiger partial charge in [-0.05, 0) is 43.7 Å². The van der Waals surface area contributed by atoms with E-state index in [1.165, 1.54) is 10.9 Å². The van der Waals surface area contributed by atoms with Gasteiger partial charge in [0.25, 0.3) is 5.91 Å². The predicted molar refractivity (Wildman–Crippen MR) is 102 cm³/mol. The zero-order chi connectivity index (χ0) is 21.5. The number of ether oxygens (including phenoxy) is 1. The quantitative estimate of drug-likeness (QED) is 0.679. The molecule has 1 aromatic carbocycles. The van der Waals surface area contributed by atoms with Gasteiger partial charge in [0.1, 0.15) is 5.76 Å². The fourth-order valence-corrected chi connectivity index (χ4v) is 3.71. The number of aryl methyl sites for hydroxylation is 1. The SMILES string of the molecule is COCC(C)NC(=O)c1ccc(-n2nc(C(F)(F)F)c3c2-c2ccoc2CC3)cc1. The number of fused-ring (bicyclic) bond motifs is 3. The smallest absolute Gasteiger partial charge is 0.435 e. The number of rotatable bonds is 5. The van der Waals surface area contributed by atoms with Crippen molar-refractivity contribution in [2.45, 2.75) is 32.0 Å². The van der Waals surface area contributed by atoms with E-state index in [0.717, 1.165) is 0 Å². The number of aromatic nitrogens is 2. The highest BCUT2D eigenvalue weighted by Gasteiger charge is 2.41. The molecule has 1 aliphatic carbocycles. The normalized spacial score (nSPS) is 14.2. The number of carbonyl (C=O) groups excluding carboxylic acids is 1. The zero-order valence-electron chi connectivity index (χ0n) is 16.4. The Balaban J connectivity index is 1.72. The third-order valence-electron chi connectivity index (χ3n) is 5.02. The van der Waals surface area contributed by atoms with Crippen LogP contribution < -0.4 is 5.32 Å². The van der Waals surface area contributed by atoms with E-state index in [1.807, 2.05) is 6.92 Å². The number of hydrogen-bond acceptors (Lipinski definition) is 4. The van der Waals surface area contributed by atoms with Crippen LogP contribution in [0.5, 0.6) is 0 Å². The average molecular weight is 419 g/mol. The maximum Gasteiger partial charge on any atom is 0.435 e. The van der Waals surface area contributed by atoms with Gasteiger partial charge in [0.05, 0.1) is 24.3 Å². The van der Waals surface area contributed by atoms with E-state index >= 15 is 0 Å². The van der Waals surface area contributed by atoms with E-state index in [9.17, 15) is 18.0 Å². The van der Waals surface area contributed by atoms with Gasteiger partial charge in [-0.3, -0.25) is 4.79 Å². The molecule has 1 unspecified atom stereocenters. The average Bonchev–Trinajstić information content (AvgIpc) is 3.32. The molecule has 1 N–H and O–H groups in total. The van der Waals surface area contributed by atoms with Gasteiger partial charge >= 0.3 is 6.18 Å². The number of methoxy groups -OCH3 is 1. The summed E-state index contributed by atoms with van der Waals surface area (Å²) in [6, 6.07) is 7.77. The second kappa shape index (κ2) is 7.64.